The lowest BCUT2D eigenvalue weighted by Crippen LogP contribution is -2.43. The van der Waals surface area contributed by atoms with Crippen LogP contribution < -0.4 is 10.1 Å². The number of carbonyl (C=O) groups excluding carboxylic acids is 1. The van der Waals surface area contributed by atoms with Crippen LogP contribution in [0.25, 0.3) is 11.3 Å². The fraction of sp³-hybridized carbons (Fsp3) is 0.364. The molecule has 4 heterocycles. The van der Waals surface area contributed by atoms with Gasteiger partial charge in [-0.3, -0.25) is 20.0 Å². The predicted octanol–water partition coefficient (Wildman–Crippen LogP) is 6.02. The van der Waals surface area contributed by atoms with Crippen LogP contribution in [-0.2, 0) is 16.4 Å². The number of hydrogen-bond donors (Lipinski definition) is 1. The van der Waals surface area contributed by atoms with Crippen molar-refractivity contribution in [3.05, 3.63) is 83.0 Å². The van der Waals surface area contributed by atoms with Gasteiger partial charge in [-0.1, -0.05) is 6.07 Å². The summed E-state index contributed by atoms with van der Waals surface area (Å²) in [6.45, 7) is 7.38. The van der Waals surface area contributed by atoms with Crippen LogP contribution in [0.1, 0.15) is 47.3 Å². The Hall–Kier alpha value is -3.64. The van der Waals surface area contributed by atoms with Gasteiger partial charge in [0.05, 0.1) is 16.3 Å². The molecular weight excluding hydrogens is 595 g/mol. The minimum absolute atomic E-state index is 0.206. The number of carbonyl (C=O) groups is 1. The highest BCUT2D eigenvalue weighted by atomic mass is 32.2. The third-order valence-electron chi connectivity index (χ3n) is 8.31. The number of nitrogens with zero attached hydrogens (tertiary/aromatic N) is 4. The number of likely N-dealkylation sites (tertiary alicyclic amines) is 2. The quantitative estimate of drug-likeness (QED) is 0.239. The fourth-order valence-corrected chi connectivity index (χ4v) is 7.32. The highest BCUT2D eigenvalue weighted by Crippen LogP contribution is 2.31. The Morgan fingerprint density at radius 2 is 1.77 bits per heavy atom. The van der Waals surface area contributed by atoms with E-state index in [9.17, 15) is 13.2 Å². The van der Waals surface area contributed by atoms with E-state index in [0.717, 1.165) is 48.4 Å². The number of benzene rings is 2. The SMILES string of the molecule is Cc1cccnc1-c1cc(Oc2ccc(S(C)(=O)=O)cc2)cc(C(=O)Nc2nc(CN3CCC(N4CCCC4)CC3)cs2)c1. The predicted molar refractivity (Wildman–Crippen MR) is 173 cm³/mol. The summed E-state index contributed by atoms with van der Waals surface area (Å²) in [6, 6.07) is 16.0. The molecule has 2 aromatic carbocycles. The van der Waals surface area contributed by atoms with Crippen LogP contribution in [0.5, 0.6) is 11.5 Å². The molecule has 0 atom stereocenters. The maximum Gasteiger partial charge on any atom is 0.257 e. The number of hydrogen-bond acceptors (Lipinski definition) is 9. The van der Waals surface area contributed by atoms with Crippen LogP contribution >= 0.6 is 11.3 Å². The second kappa shape index (κ2) is 13.2. The first-order chi connectivity index (χ1) is 21.2. The summed E-state index contributed by atoms with van der Waals surface area (Å²) in [6.07, 6.45) is 7.94. The van der Waals surface area contributed by atoms with Crippen molar-refractivity contribution in [3.8, 4) is 22.8 Å². The lowest BCUT2D eigenvalue weighted by atomic mass is 10.0. The van der Waals surface area contributed by atoms with E-state index < -0.39 is 9.84 Å². The van der Waals surface area contributed by atoms with Gasteiger partial charge in [-0.05, 0) is 99.8 Å². The largest absolute Gasteiger partial charge is 0.457 e. The molecule has 230 valence electrons. The summed E-state index contributed by atoms with van der Waals surface area (Å²) < 4.78 is 29.8. The number of amides is 1. The molecule has 9 nitrogen and oxygen atoms in total. The van der Waals surface area contributed by atoms with Crippen LogP contribution in [0.15, 0.2) is 71.1 Å². The number of ether oxygens (including phenoxy) is 1. The molecule has 1 amide bonds. The monoisotopic (exact) mass is 631 g/mol. The highest BCUT2D eigenvalue weighted by molar-refractivity contribution is 7.90. The van der Waals surface area contributed by atoms with E-state index in [1.54, 1.807) is 30.5 Å². The number of nitrogens with one attached hydrogen (secondary N) is 1. The van der Waals surface area contributed by atoms with Gasteiger partial charge in [-0.15, -0.1) is 11.3 Å². The van der Waals surface area contributed by atoms with Crippen LogP contribution in [0.3, 0.4) is 0 Å². The second-order valence-corrected chi connectivity index (χ2v) is 14.5. The molecule has 44 heavy (non-hydrogen) atoms. The van der Waals surface area contributed by atoms with Gasteiger partial charge < -0.3 is 9.64 Å². The molecule has 0 aliphatic carbocycles. The summed E-state index contributed by atoms with van der Waals surface area (Å²) in [5.41, 5.74) is 3.79. The van der Waals surface area contributed by atoms with Gasteiger partial charge in [0.2, 0.25) is 0 Å². The van der Waals surface area contributed by atoms with Crippen molar-refractivity contribution in [3.63, 3.8) is 0 Å². The Bertz CT molecular complexity index is 1730. The molecule has 0 bridgehead atoms. The number of pyridine rings is 1. The van der Waals surface area contributed by atoms with Gasteiger partial charge in [0.1, 0.15) is 11.5 Å². The first-order valence-electron chi connectivity index (χ1n) is 15.0. The Balaban J connectivity index is 1.16. The maximum absolute atomic E-state index is 13.5. The number of aryl methyl sites for hydroxylation is 1. The summed E-state index contributed by atoms with van der Waals surface area (Å²) >= 11 is 1.42. The van der Waals surface area contributed by atoms with Gasteiger partial charge in [0.15, 0.2) is 15.0 Å². The number of aromatic nitrogens is 2. The van der Waals surface area contributed by atoms with Gasteiger partial charge in [0, 0.05) is 54.6 Å². The van der Waals surface area contributed by atoms with Crippen molar-refractivity contribution in [1.82, 2.24) is 19.8 Å². The van der Waals surface area contributed by atoms with Gasteiger partial charge in [-0.2, -0.15) is 0 Å². The Labute approximate surface area is 262 Å². The standard InChI is InChI=1S/C33H37N5O4S2/c1-23-6-5-13-34-31(23)24-18-25(20-29(19-24)42-28-7-9-30(10-8-28)44(2,40)41)32(39)36-33-35-26(22-43-33)21-37-16-11-27(12-17-37)38-14-3-4-15-38/h5-10,13,18-20,22,27H,3-4,11-12,14-17,21H2,1-2H3,(H,35,36,39). The first-order valence-corrected chi connectivity index (χ1v) is 17.8. The molecule has 2 saturated heterocycles. The molecule has 0 unspecified atom stereocenters. The van der Waals surface area contributed by atoms with E-state index in [1.165, 1.54) is 62.2 Å². The van der Waals surface area contributed by atoms with E-state index in [1.807, 2.05) is 30.5 Å². The smallest absolute Gasteiger partial charge is 0.257 e. The molecule has 0 radical (unpaired) electrons. The van der Waals surface area contributed by atoms with Crippen molar-refractivity contribution >= 4 is 32.2 Å². The Morgan fingerprint density at radius 1 is 1.02 bits per heavy atom. The van der Waals surface area contributed by atoms with Crippen LogP contribution in [0.4, 0.5) is 5.13 Å². The van der Waals surface area contributed by atoms with Crippen LogP contribution in [0.2, 0.25) is 0 Å². The van der Waals surface area contributed by atoms with E-state index in [4.69, 9.17) is 9.72 Å². The average molecular weight is 632 g/mol. The van der Waals surface area contributed by atoms with E-state index >= 15 is 0 Å². The van der Waals surface area contributed by atoms with E-state index in [0.29, 0.717) is 28.2 Å². The zero-order valence-electron chi connectivity index (χ0n) is 25.0. The van der Waals surface area contributed by atoms with Crippen molar-refractivity contribution < 1.29 is 17.9 Å². The number of anilines is 1. The lowest BCUT2D eigenvalue weighted by molar-refractivity contribution is 0.102. The molecular formula is C33H37N5O4S2. The third kappa shape index (κ3) is 7.35. The fourth-order valence-electron chi connectivity index (χ4n) is 5.99. The van der Waals surface area contributed by atoms with E-state index in [-0.39, 0.29) is 10.8 Å². The number of sulfone groups is 1. The Kier molecular flexibility index (Phi) is 9.08. The van der Waals surface area contributed by atoms with Crippen LogP contribution in [-0.4, -0.2) is 72.6 Å². The zero-order valence-corrected chi connectivity index (χ0v) is 26.7. The molecule has 6 rings (SSSR count). The third-order valence-corrected chi connectivity index (χ3v) is 10.2. The first kappa shape index (κ1) is 30.4. The molecule has 0 spiro atoms. The van der Waals surface area contributed by atoms with E-state index in [2.05, 4.69) is 20.1 Å². The Morgan fingerprint density at radius 3 is 2.48 bits per heavy atom. The van der Waals surface area contributed by atoms with Crippen molar-refractivity contribution in [2.24, 2.45) is 0 Å². The molecule has 2 aromatic heterocycles. The summed E-state index contributed by atoms with van der Waals surface area (Å²) in [5, 5.41) is 5.54. The molecule has 2 aliphatic rings. The lowest BCUT2D eigenvalue weighted by Gasteiger charge is -2.36. The molecule has 11 heteroatoms. The molecule has 1 N–H and O–H groups in total. The summed E-state index contributed by atoms with van der Waals surface area (Å²) in [5.74, 6) is 0.583. The highest BCUT2D eigenvalue weighted by Gasteiger charge is 2.26. The van der Waals surface area contributed by atoms with Gasteiger partial charge >= 0.3 is 0 Å². The van der Waals surface area contributed by atoms with Gasteiger partial charge in [0.25, 0.3) is 5.91 Å². The van der Waals surface area contributed by atoms with Gasteiger partial charge in [-0.25, -0.2) is 13.4 Å². The zero-order chi connectivity index (χ0) is 30.7. The van der Waals surface area contributed by atoms with Crippen molar-refractivity contribution in [1.29, 1.82) is 0 Å². The number of thiazole rings is 1. The number of piperidine rings is 1. The number of rotatable bonds is 9. The van der Waals surface area contributed by atoms with Crippen molar-refractivity contribution in [2.75, 3.05) is 37.8 Å². The minimum Gasteiger partial charge on any atom is -0.457 e. The molecule has 4 aromatic rings. The molecule has 2 fully saturated rings. The molecule has 2 aliphatic heterocycles. The summed E-state index contributed by atoms with van der Waals surface area (Å²) in [4.78, 5) is 28.1. The van der Waals surface area contributed by atoms with Crippen LogP contribution in [0, 0.1) is 6.92 Å². The minimum atomic E-state index is -3.33. The maximum atomic E-state index is 13.5. The summed E-state index contributed by atoms with van der Waals surface area (Å²) in [7, 11) is -3.33. The normalized spacial score (nSPS) is 16.7. The average Bonchev–Trinajstić information content (AvgIpc) is 3.70. The second-order valence-electron chi connectivity index (χ2n) is 11.6. The van der Waals surface area contributed by atoms with Crippen molar-refractivity contribution in [2.45, 2.75) is 50.1 Å². The molecule has 0 saturated carbocycles. The topological polar surface area (TPSA) is 105 Å².